The standard InChI is InChI=1S/C15H21FN2S/c1-4-13-5-6-19-15(18-13)17-9-12-7-10(2)14(16)11(3)8-12/h7-8,13H,4-6,9H2,1-3H3,(H,17,18). The molecule has 0 bridgehead atoms. The summed E-state index contributed by atoms with van der Waals surface area (Å²) in [4.78, 5) is 4.61. The van der Waals surface area contributed by atoms with Crippen LogP contribution >= 0.6 is 11.8 Å². The maximum absolute atomic E-state index is 13.6. The van der Waals surface area contributed by atoms with Crippen LogP contribution in [0.1, 0.15) is 36.5 Å². The Morgan fingerprint density at radius 2 is 2.05 bits per heavy atom. The van der Waals surface area contributed by atoms with E-state index in [2.05, 4.69) is 17.2 Å². The minimum atomic E-state index is -0.104. The molecular weight excluding hydrogens is 259 g/mol. The Morgan fingerprint density at radius 3 is 2.68 bits per heavy atom. The van der Waals surface area contributed by atoms with E-state index < -0.39 is 0 Å². The van der Waals surface area contributed by atoms with Crippen LogP contribution in [-0.4, -0.2) is 17.0 Å². The highest BCUT2D eigenvalue weighted by molar-refractivity contribution is 8.13. The molecule has 0 aromatic heterocycles. The summed E-state index contributed by atoms with van der Waals surface area (Å²) < 4.78 is 13.6. The number of benzene rings is 1. The second kappa shape index (κ2) is 6.42. The largest absolute Gasteiger partial charge is 0.362 e. The number of amidine groups is 1. The van der Waals surface area contributed by atoms with Crippen LogP contribution in [0.25, 0.3) is 0 Å². The minimum Gasteiger partial charge on any atom is -0.362 e. The molecule has 2 rings (SSSR count). The van der Waals surface area contributed by atoms with E-state index >= 15 is 0 Å². The molecule has 1 aliphatic heterocycles. The van der Waals surface area contributed by atoms with Gasteiger partial charge >= 0.3 is 0 Å². The Morgan fingerprint density at radius 1 is 1.37 bits per heavy atom. The van der Waals surface area contributed by atoms with Crippen LogP contribution in [-0.2, 0) is 6.54 Å². The van der Waals surface area contributed by atoms with Crippen LogP contribution in [0.5, 0.6) is 0 Å². The Balaban J connectivity index is 2.05. The lowest BCUT2D eigenvalue weighted by molar-refractivity contribution is 0.570. The SMILES string of the molecule is CCC1CCSC(=NCc2cc(C)c(F)c(C)c2)N1. The molecular formula is C15H21FN2S. The van der Waals surface area contributed by atoms with Gasteiger partial charge in [-0.2, -0.15) is 0 Å². The lowest BCUT2D eigenvalue weighted by atomic mass is 10.1. The Labute approximate surface area is 118 Å². The Bertz CT molecular complexity index is 462. The van der Waals surface area contributed by atoms with Crippen molar-refractivity contribution in [3.63, 3.8) is 0 Å². The lowest BCUT2D eigenvalue weighted by Gasteiger charge is -2.24. The number of hydrogen-bond acceptors (Lipinski definition) is 2. The molecule has 0 saturated carbocycles. The molecule has 1 heterocycles. The summed E-state index contributed by atoms with van der Waals surface area (Å²) in [5.74, 6) is 1.03. The van der Waals surface area contributed by atoms with Gasteiger partial charge in [-0.05, 0) is 43.4 Å². The molecule has 1 aliphatic rings. The fraction of sp³-hybridized carbons (Fsp3) is 0.533. The predicted molar refractivity (Wildman–Crippen MR) is 81.3 cm³/mol. The second-order valence-corrected chi connectivity index (χ2v) is 6.14. The van der Waals surface area contributed by atoms with Gasteiger partial charge in [0, 0.05) is 11.8 Å². The van der Waals surface area contributed by atoms with E-state index in [0.717, 1.165) is 22.9 Å². The lowest BCUT2D eigenvalue weighted by Crippen LogP contribution is -2.37. The van der Waals surface area contributed by atoms with E-state index in [4.69, 9.17) is 0 Å². The van der Waals surface area contributed by atoms with Gasteiger partial charge in [-0.3, -0.25) is 4.99 Å². The summed E-state index contributed by atoms with van der Waals surface area (Å²) >= 11 is 1.78. The molecule has 1 saturated heterocycles. The molecule has 19 heavy (non-hydrogen) atoms. The van der Waals surface area contributed by atoms with Gasteiger partial charge in [0.25, 0.3) is 0 Å². The van der Waals surface area contributed by atoms with E-state index in [-0.39, 0.29) is 5.82 Å². The van der Waals surface area contributed by atoms with Gasteiger partial charge in [0.1, 0.15) is 5.82 Å². The zero-order valence-corrected chi connectivity index (χ0v) is 12.6. The normalized spacial score (nSPS) is 21.5. The van der Waals surface area contributed by atoms with Crippen LogP contribution < -0.4 is 5.32 Å². The summed E-state index contributed by atoms with van der Waals surface area (Å²) in [6, 6.07) is 4.32. The van der Waals surface area contributed by atoms with Crippen molar-refractivity contribution in [3.8, 4) is 0 Å². The number of aliphatic imine (C=N–C) groups is 1. The third kappa shape index (κ3) is 3.72. The smallest absolute Gasteiger partial charge is 0.157 e. The maximum atomic E-state index is 13.6. The number of aryl methyl sites for hydroxylation is 2. The topological polar surface area (TPSA) is 24.4 Å². The monoisotopic (exact) mass is 280 g/mol. The van der Waals surface area contributed by atoms with Gasteiger partial charge in [0.15, 0.2) is 5.17 Å². The highest BCUT2D eigenvalue weighted by Gasteiger charge is 2.15. The number of thioether (sulfide) groups is 1. The first-order chi connectivity index (χ1) is 9.10. The van der Waals surface area contributed by atoms with E-state index in [9.17, 15) is 4.39 Å². The van der Waals surface area contributed by atoms with Crippen LogP contribution in [0.2, 0.25) is 0 Å². The average molecular weight is 280 g/mol. The molecule has 4 heteroatoms. The molecule has 1 fully saturated rings. The molecule has 1 aromatic carbocycles. The quantitative estimate of drug-likeness (QED) is 0.910. The van der Waals surface area contributed by atoms with Crippen molar-refractivity contribution in [3.05, 3.63) is 34.6 Å². The molecule has 1 atom stereocenters. The summed E-state index contributed by atoms with van der Waals surface area (Å²) in [6.07, 6.45) is 2.34. The van der Waals surface area contributed by atoms with Crippen molar-refractivity contribution in [2.24, 2.45) is 4.99 Å². The van der Waals surface area contributed by atoms with Gasteiger partial charge in [-0.25, -0.2) is 4.39 Å². The van der Waals surface area contributed by atoms with E-state index in [1.54, 1.807) is 25.6 Å². The summed E-state index contributed by atoms with van der Waals surface area (Å²) in [7, 11) is 0. The molecule has 1 aromatic rings. The number of hydrogen-bond donors (Lipinski definition) is 1. The fourth-order valence-electron chi connectivity index (χ4n) is 2.27. The highest BCUT2D eigenvalue weighted by atomic mass is 32.2. The average Bonchev–Trinajstić information content (AvgIpc) is 2.42. The number of nitrogens with zero attached hydrogens (tertiary/aromatic N) is 1. The summed E-state index contributed by atoms with van der Waals surface area (Å²) in [5, 5.41) is 4.48. The van der Waals surface area contributed by atoms with Gasteiger partial charge in [0.2, 0.25) is 0 Å². The van der Waals surface area contributed by atoms with Crippen LogP contribution in [0, 0.1) is 19.7 Å². The molecule has 0 aliphatic carbocycles. The Kier molecular flexibility index (Phi) is 4.86. The highest BCUT2D eigenvalue weighted by Crippen LogP contribution is 2.18. The second-order valence-electron chi connectivity index (χ2n) is 5.05. The van der Waals surface area contributed by atoms with Crippen LogP contribution in [0.15, 0.2) is 17.1 Å². The minimum absolute atomic E-state index is 0.104. The van der Waals surface area contributed by atoms with E-state index in [0.29, 0.717) is 23.7 Å². The van der Waals surface area contributed by atoms with Crippen molar-refractivity contribution >= 4 is 16.9 Å². The van der Waals surface area contributed by atoms with Crippen molar-refractivity contribution in [1.29, 1.82) is 0 Å². The van der Waals surface area contributed by atoms with Crippen LogP contribution in [0.3, 0.4) is 0 Å². The van der Waals surface area contributed by atoms with Crippen molar-refractivity contribution in [2.45, 2.75) is 46.2 Å². The number of halogens is 1. The van der Waals surface area contributed by atoms with Crippen molar-refractivity contribution in [1.82, 2.24) is 5.32 Å². The molecule has 0 amide bonds. The summed E-state index contributed by atoms with van der Waals surface area (Å²) in [5.41, 5.74) is 2.47. The number of nitrogens with one attached hydrogen (secondary N) is 1. The Hall–Kier alpha value is -1.03. The van der Waals surface area contributed by atoms with Crippen LogP contribution in [0.4, 0.5) is 4.39 Å². The zero-order valence-electron chi connectivity index (χ0n) is 11.8. The van der Waals surface area contributed by atoms with Crippen molar-refractivity contribution in [2.75, 3.05) is 5.75 Å². The fourth-order valence-corrected chi connectivity index (χ4v) is 3.28. The molecule has 2 nitrogen and oxygen atoms in total. The number of rotatable bonds is 3. The molecule has 104 valence electrons. The van der Waals surface area contributed by atoms with E-state index in [1.807, 2.05) is 12.1 Å². The van der Waals surface area contributed by atoms with Gasteiger partial charge < -0.3 is 5.32 Å². The summed E-state index contributed by atoms with van der Waals surface area (Å²) in [6.45, 7) is 6.42. The first-order valence-corrected chi connectivity index (χ1v) is 7.78. The third-order valence-electron chi connectivity index (χ3n) is 3.43. The first kappa shape index (κ1) is 14.4. The first-order valence-electron chi connectivity index (χ1n) is 6.79. The predicted octanol–water partition coefficient (Wildman–Crippen LogP) is 3.80. The van der Waals surface area contributed by atoms with Gasteiger partial charge in [-0.1, -0.05) is 30.8 Å². The van der Waals surface area contributed by atoms with Crippen molar-refractivity contribution < 1.29 is 4.39 Å². The molecule has 0 radical (unpaired) electrons. The van der Waals surface area contributed by atoms with E-state index in [1.165, 1.54) is 6.42 Å². The molecule has 1 unspecified atom stereocenters. The van der Waals surface area contributed by atoms with Gasteiger partial charge in [-0.15, -0.1) is 0 Å². The van der Waals surface area contributed by atoms with Gasteiger partial charge in [0.05, 0.1) is 6.54 Å². The zero-order chi connectivity index (χ0) is 13.8. The molecule has 1 N–H and O–H groups in total. The maximum Gasteiger partial charge on any atom is 0.157 e. The third-order valence-corrected chi connectivity index (χ3v) is 4.39. The molecule has 0 spiro atoms.